The molecule has 82 valence electrons. The SMILES string of the molecule is CNC(=O)C(CCCNN)NC(C)=O. The minimum Gasteiger partial charge on any atom is -0.357 e. The first kappa shape index (κ1) is 12.9. The van der Waals surface area contributed by atoms with Gasteiger partial charge >= 0.3 is 0 Å². The van der Waals surface area contributed by atoms with E-state index in [0.29, 0.717) is 13.0 Å². The van der Waals surface area contributed by atoms with Crippen LogP contribution in [0.5, 0.6) is 0 Å². The molecule has 0 heterocycles. The maximum absolute atomic E-state index is 11.3. The standard InChI is InChI=1S/C8H18N4O2/c1-6(13)12-7(8(14)10-2)4-3-5-11-9/h7,11H,3-5,9H2,1-2H3,(H,10,14)(H,12,13). The molecule has 0 rings (SSSR count). The van der Waals surface area contributed by atoms with Gasteiger partial charge in [-0.1, -0.05) is 0 Å². The van der Waals surface area contributed by atoms with E-state index in [1.54, 1.807) is 7.05 Å². The number of likely N-dealkylation sites (N-methyl/N-ethyl adjacent to an activating group) is 1. The minimum absolute atomic E-state index is 0.183. The molecule has 0 aliphatic heterocycles. The van der Waals surface area contributed by atoms with Gasteiger partial charge in [-0.05, 0) is 12.8 Å². The fourth-order valence-electron chi connectivity index (χ4n) is 1.10. The summed E-state index contributed by atoms with van der Waals surface area (Å²) in [6.07, 6.45) is 1.30. The molecule has 0 aromatic carbocycles. The lowest BCUT2D eigenvalue weighted by Crippen LogP contribution is -2.45. The molecule has 1 unspecified atom stereocenters. The lowest BCUT2D eigenvalue weighted by Gasteiger charge is -2.15. The topological polar surface area (TPSA) is 96.2 Å². The number of rotatable bonds is 6. The summed E-state index contributed by atoms with van der Waals surface area (Å²) in [4.78, 5) is 22.0. The third kappa shape index (κ3) is 5.50. The van der Waals surface area contributed by atoms with E-state index in [9.17, 15) is 9.59 Å². The van der Waals surface area contributed by atoms with Gasteiger partial charge in [-0.3, -0.25) is 20.9 Å². The van der Waals surface area contributed by atoms with Crippen molar-refractivity contribution in [3.05, 3.63) is 0 Å². The van der Waals surface area contributed by atoms with Crippen LogP contribution >= 0.6 is 0 Å². The Kier molecular flexibility index (Phi) is 6.69. The third-order valence-corrected chi connectivity index (χ3v) is 1.75. The number of hydrogen-bond donors (Lipinski definition) is 4. The summed E-state index contributed by atoms with van der Waals surface area (Å²) in [5.41, 5.74) is 2.49. The Hall–Kier alpha value is -1.14. The molecule has 5 N–H and O–H groups in total. The van der Waals surface area contributed by atoms with Crippen LogP contribution in [0.4, 0.5) is 0 Å². The lowest BCUT2D eigenvalue weighted by molar-refractivity contribution is -0.127. The first-order valence-corrected chi connectivity index (χ1v) is 4.54. The number of hydrazine groups is 1. The van der Waals surface area contributed by atoms with E-state index >= 15 is 0 Å². The molecule has 0 aromatic heterocycles. The van der Waals surface area contributed by atoms with Crippen molar-refractivity contribution in [2.45, 2.75) is 25.8 Å². The molecule has 2 amide bonds. The van der Waals surface area contributed by atoms with Gasteiger partial charge in [0, 0.05) is 20.5 Å². The van der Waals surface area contributed by atoms with Crippen LogP contribution in [0.3, 0.4) is 0 Å². The number of hydrogen-bond acceptors (Lipinski definition) is 4. The van der Waals surface area contributed by atoms with Gasteiger partial charge in [-0.15, -0.1) is 0 Å². The molecule has 6 nitrogen and oxygen atoms in total. The summed E-state index contributed by atoms with van der Waals surface area (Å²) in [5.74, 6) is 4.69. The van der Waals surface area contributed by atoms with Gasteiger partial charge in [0.05, 0.1) is 0 Å². The summed E-state index contributed by atoms with van der Waals surface area (Å²) >= 11 is 0. The average Bonchev–Trinajstić information content (AvgIpc) is 2.15. The van der Waals surface area contributed by atoms with E-state index in [0.717, 1.165) is 6.42 Å². The summed E-state index contributed by atoms with van der Waals surface area (Å²) in [7, 11) is 1.54. The average molecular weight is 202 g/mol. The van der Waals surface area contributed by atoms with Gasteiger partial charge in [0.15, 0.2) is 0 Å². The van der Waals surface area contributed by atoms with Gasteiger partial charge in [0.1, 0.15) is 6.04 Å². The first-order chi connectivity index (χ1) is 6.61. The zero-order valence-corrected chi connectivity index (χ0v) is 8.59. The summed E-state index contributed by atoms with van der Waals surface area (Å²) in [5, 5.41) is 5.06. The van der Waals surface area contributed by atoms with Crippen molar-refractivity contribution in [1.29, 1.82) is 0 Å². The van der Waals surface area contributed by atoms with E-state index in [2.05, 4.69) is 16.1 Å². The molecule has 0 saturated carbocycles. The van der Waals surface area contributed by atoms with Crippen molar-refractivity contribution in [2.75, 3.05) is 13.6 Å². The smallest absolute Gasteiger partial charge is 0.242 e. The number of nitrogens with one attached hydrogen (secondary N) is 3. The van der Waals surface area contributed by atoms with E-state index in [1.807, 2.05) is 0 Å². The van der Waals surface area contributed by atoms with Crippen LogP contribution in [0.25, 0.3) is 0 Å². The van der Waals surface area contributed by atoms with E-state index in [1.165, 1.54) is 6.92 Å². The molecule has 0 bridgehead atoms. The monoisotopic (exact) mass is 202 g/mol. The van der Waals surface area contributed by atoms with E-state index in [-0.39, 0.29) is 11.8 Å². The van der Waals surface area contributed by atoms with E-state index < -0.39 is 6.04 Å². The van der Waals surface area contributed by atoms with Crippen LogP contribution in [0, 0.1) is 0 Å². The largest absolute Gasteiger partial charge is 0.357 e. The van der Waals surface area contributed by atoms with Gasteiger partial charge in [-0.2, -0.15) is 0 Å². The Balaban J connectivity index is 3.97. The zero-order chi connectivity index (χ0) is 11.0. The lowest BCUT2D eigenvalue weighted by atomic mass is 10.1. The predicted octanol–water partition coefficient (Wildman–Crippen LogP) is -1.52. The number of nitrogens with two attached hydrogens (primary N) is 1. The fraction of sp³-hybridized carbons (Fsp3) is 0.750. The molecular formula is C8H18N4O2. The Bertz CT molecular complexity index is 196. The first-order valence-electron chi connectivity index (χ1n) is 4.54. The highest BCUT2D eigenvalue weighted by Crippen LogP contribution is 1.96. The van der Waals surface area contributed by atoms with Crippen molar-refractivity contribution in [2.24, 2.45) is 5.84 Å². The molecule has 0 spiro atoms. The fourth-order valence-corrected chi connectivity index (χ4v) is 1.10. The van der Waals surface area contributed by atoms with Crippen LogP contribution in [0.15, 0.2) is 0 Å². The number of carbonyl (C=O) groups is 2. The van der Waals surface area contributed by atoms with Crippen molar-refractivity contribution in [1.82, 2.24) is 16.1 Å². The molecule has 0 saturated heterocycles. The molecule has 6 heteroatoms. The second kappa shape index (κ2) is 7.28. The molecule has 1 atom stereocenters. The number of carbonyl (C=O) groups excluding carboxylic acids is 2. The highest BCUT2D eigenvalue weighted by molar-refractivity contribution is 5.86. The minimum atomic E-state index is -0.467. The van der Waals surface area contributed by atoms with Crippen LogP contribution in [-0.4, -0.2) is 31.4 Å². The molecule has 0 aromatic rings. The summed E-state index contributed by atoms with van der Waals surface area (Å²) in [6.45, 7) is 2.00. The zero-order valence-electron chi connectivity index (χ0n) is 8.59. The van der Waals surface area contributed by atoms with Gasteiger partial charge in [0.2, 0.25) is 11.8 Å². The highest BCUT2D eigenvalue weighted by Gasteiger charge is 2.16. The molecule has 0 radical (unpaired) electrons. The second-order valence-corrected chi connectivity index (χ2v) is 2.96. The maximum atomic E-state index is 11.3. The van der Waals surface area contributed by atoms with Gasteiger partial charge in [-0.25, -0.2) is 0 Å². The molecular weight excluding hydrogens is 184 g/mol. The van der Waals surface area contributed by atoms with E-state index in [4.69, 9.17) is 5.84 Å². The quantitative estimate of drug-likeness (QED) is 0.239. The second-order valence-electron chi connectivity index (χ2n) is 2.96. The molecule has 0 fully saturated rings. The highest BCUT2D eigenvalue weighted by atomic mass is 16.2. The van der Waals surface area contributed by atoms with Crippen LogP contribution < -0.4 is 21.9 Å². The van der Waals surface area contributed by atoms with Crippen LogP contribution in [-0.2, 0) is 9.59 Å². The third-order valence-electron chi connectivity index (χ3n) is 1.75. The Morgan fingerprint density at radius 1 is 1.43 bits per heavy atom. The van der Waals surface area contributed by atoms with Gasteiger partial charge < -0.3 is 10.6 Å². The summed E-state index contributed by atoms with van der Waals surface area (Å²) in [6, 6.07) is -0.467. The predicted molar refractivity (Wildman–Crippen MR) is 53.1 cm³/mol. The van der Waals surface area contributed by atoms with Crippen LogP contribution in [0.2, 0.25) is 0 Å². The van der Waals surface area contributed by atoms with Crippen molar-refractivity contribution in [3.63, 3.8) is 0 Å². The van der Waals surface area contributed by atoms with Crippen LogP contribution in [0.1, 0.15) is 19.8 Å². The number of amides is 2. The molecule has 0 aliphatic carbocycles. The Morgan fingerprint density at radius 2 is 2.07 bits per heavy atom. The molecule has 0 aliphatic rings. The van der Waals surface area contributed by atoms with Crippen molar-refractivity contribution >= 4 is 11.8 Å². The molecule has 14 heavy (non-hydrogen) atoms. The van der Waals surface area contributed by atoms with Crippen molar-refractivity contribution in [3.8, 4) is 0 Å². The maximum Gasteiger partial charge on any atom is 0.242 e. The van der Waals surface area contributed by atoms with Crippen molar-refractivity contribution < 1.29 is 9.59 Å². The normalized spacial score (nSPS) is 11.9. The Morgan fingerprint density at radius 3 is 2.50 bits per heavy atom. The summed E-state index contributed by atoms with van der Waals surface area (Å²) < 4.78 is 0. The van der Waals surface area contributed by atoms with Gasteiger partial charge in [0.25, 0.3) is 0 Å². The Labute approximate surface area is 83.6 Å².